The average molecular weight is 532 g/mol. The first-order valence-electron chi connectivity index (χ1n) is 12.2. The molecule has 1 heterocycles. The maximum absolute atomic E-state index is 13.3. The number of halogens is 1. The van der Waals surface area contributed by atoms with Crippen LogP contribution in [0.2, 0.25) is 5.02 Å². The van der Waals surface area contributed by atoms with Crippen molar-refractivity contribution in [2.24, 2.45) is 0 Å². The van der Waals surface area contributed by atoms with Crippen molar-refractivity contribution in [1.82, 2.24) is 14.5 Å². The van der Waals surface area contributed by atoms with Crippen LogP contribution in [-0.4, -0.2) is 54.0 Å². The van der Waals surface area contributed by atoms with E-state index in [9.17, 15) is 22.8 Å². The van der Waals surface area contributed by atoms with Crippen LogP contribution in [0, 0.1) is 0 Å². The summed E-state index contributed by atoms with van der Waals surface area (Å²) in [4.78, 5) is 40.4. The molecule has 1 fully saturated rings. The number of hydrogen-bond donors (Lipinski definition) is 1. The topological polar surface area (TPSA) is 104 Å². The number of nitrogens with zero attached hydrogens (tertiary/aromatic N) is 2. The lowest BCUT2D eigenvalue weighted by Crippen LogP contribution is -2.49. The number of amides is 3. The Morgan fingerprint density at radius 1 is 1.14 bits per heavy atom. The maximum Gasteiger partial charge on any atom is 0.269 e. The second-order valence-corrected chi connectivity index (χ2v) is 11.6. The van der Waals surface area contributed by atoms with Gasteiger partial charge in [-0.2, -0.15) is 0 Å². The average Bonchev–Trinajstić information content (AvgIpc) is 3.43. The summed E-state index contributed by atoms with van der Waals surface area (Å²) in [7, 11) is -3.93. The number of hydrogen-bond acceptors (Lipinski definition) is 5. The van der Waals surface area contributed by atoms with Crippen LogP contribution < -0.4 is 5.32 Å². The molecule has 0 saturated heterocycles. The number of benzene rings is 2. The zero-order valence-corrected chi connectivity index (χ0v) is 21.7. The van der Waals surface area contributed by atoms with Gasteiger partial charge in [-0.25, -0.2) is 12.7 Å². The predicted octanol–water partition coefficient (Wildman–Crippen LogP) is 3.74. The van der Waals surface area contributed by atoms with Gasteiger partial charge < -0.3 is 10.2 Å². The number of carbonyl (C=O) groups excluding carboxylic acids is 3. The van der Waals surface area contributed by atoms with Gasteiger partial charge in [0, 0.05) is 30.6 Å². The predicted molar refractivity (Wildman–Crippen MR) is 136 cm³/mol. The van der Waals surface area contributed by atoms with E-state index >= 15 is 0 Å². The summed E-state index contributed by atoms with van der Waals surface area (Å²) < 4.78 is 26.4. The van der Waals surface area contributed by atoms with E-state index in [2.05, 4.69) is 5.32 Å². The molecular formula is C26H30ClN3O5S. The third-order valence-corrected chi connectivity index (χ3v) is 8.85. The van der Waals surface area contributed by atoms with Gasteiger partial charge in [0.1, 0.15) is 10.9 Å². The highest BCUT2D eigenvalue weighted by Gasteiger charge is 2.40. The van der Waals surface area contributed by atoms with Gasteiger partial charge in [0.15, 0.2) is 0 Å². The third-order valence-electron chi connectivity index (χ3n) is 6.77. The summed E-state index contributed by atoms with van der Waals surface area (Å²) in [6.45, 7) is 1.76. The molecule has 192 valence electrons. The standard InChI is InChI=1S/C26H30ClN3O5S/c1-18(25(32)28-21-10-2-3-11-21)29(17-19-8-6-9-20(27)16-19)24(31)14-7-15-30-26(33)22-12-4-5-13-23(22)36(30,34)35/h4-6,8-9,12-13,16,18,21H,2-3,7,10-11,14-15,17H2,1H3,(H,28,32)/t18-/m1/s1. The van der Waals surface area contributed by atoms with Crippen LogP contribution in [0.25, 0.3) is 0 Å². The van der Waals surface area contributed by atoms with Crippen LogP contribution in [0.15, 0.2) is 53.4 Å². The van der Waals surface area contributed by atoms with Crippen molar-refractivity contribution in [2.45, 2.75) is 69.0 Å². The highest BCUT2D eigenvalue weighted by molar-refractivity contribution is 7.90. The first-order chi connectivity index (χ1) is 17.2. The summed E-state index contributed by atoms with van der Waals surface area (Å²) in [6, 6.07) is 12.6. The molecule has 1 aliphatic heterocycles. The molecule has 2 aromatic carbocycles. The summed E-state index contributed by atoms with van der Waals surface area (Å²) in [5, 5.41) is 3.58. The molecule has 0 spiro atoms. The molecule has 2 aromatic rings. The fraction of sp³-hybridized carbons (Fsp3) is 0.423. The molecule has 36 heavy (non-hydrogen) atoms. The molecule has 8 nitrogen and oxygen atoms in total. The Morgan fingerprint density at radius 3 is 2.56 bits per heavy atom. The molecule has 0 bridgehead atoms. The van der Waals surface area contributed by atoms with E-state index in [1.54, 1.807) is 37.3 Å². The zero-order valence-electron chi connectivity index (χ0n) is 20.2. The molecule has 1 saturated carbocycles. The number of fused-ring (bicyclic) bond motifs is 1. The van der Waals surface area contributed by atoms with Crippen LogP contribution in [0.1, 0.15) is 61.4 Å². The molecule has 10 heteroatoms. The third kappa shape index (κ3) is 5.57. The Bertz CT molecular complexity index is 1260. The summed E-state index contributed by atoms with van der Waals surface area (Å²) in [5.41, 5.74) is 0.924. The Kier molecular flexibility index (Phi) is 8.00. The van der Waals surface area contributed by atoms with Crippen molar-refractivity contribution >= 4 is 39.3 Å². The summed E-state index contributed by atoms with van der Waals surface area (Å²) >= 11 is 6.12. The molecule has 1 atom stereocenters. The lowest BCUT2D eigenvalue weighted by atomic mass is 10.1. The first-order valence-corrected chi connectivity index (χ1v) is 14.0. The quantitative estimate of drug-likeness (QED) is 0.531. The van der Waals surface area contributed by atoms with Crippen molar-refractivity contribution in [1.29, 1.82) is 0 Å². The minimum absolute atomic E-state index is 0.0129. The van der Waals surface area contributed by atoms with Gasteiger partial charge in [0.25, 0.3) is 15.9 Å². The molecule has 0 unspecified atom stereocenters. The molecular weight excluding hydrogens is 502 g/mol. The lowest BCUT2D eigenvalue weighted by molar-refractivity contribution is -0.141. The lowest BCUT2D eigenvalue weighted by Gasteiger charge is -2.30. The number of sulfonamides is 1. The van der Waals surface area contributed by atoms with E-state index in [0.29, 0.717) is 5.02 Å². The van der Waals surface area contributed by atoms with Gasteiger partial charge in [0.2, 0.25) is 11.8 Å². The number of carbonyl (C=O) groups is 3. The van der Waals surface area contributed by atoms with E-state index in [1.165, 1.54) is 17.0 Å². The van der Waals surface area contributed by atoms with E-state index < -0.39 is 22.0 Å². The number of nitrogens with one attached hydrogen (secondary N) is 1. The zero-order chi connectivity index (χ0) is 25.9. The molecule has 2 aliphatic rings. The first kappa shape index (κ1) is 26.2. The van der Waals surface area contributed by atoms with Crippen molar-refractivity contribution < 1.29 is 22.8 Å². The molecule has 0 aromatic heterocycles. The fourth-order valence-electron chi connectivity index (χ4n) is 4.78. The second kappa shape index (κ2) is 11.0. The second-order valence-electron chi connectivity index (χ2n) is 9.30. The fourth-order valence-corrected chi connectivity index (χ4v) is 6.60. The molecule has 4 rings (SSSR count). The maximum atomic E-state index is 13.3. The minimum atomic E-state index is -3.93. The normalized spacial score (nSPS) is 17.6. The van der Waals surface area contributed by atoms with E-state index in [-0.39, 0.29) is 54.2 Å². The minimum Gasteiger partial charge on any atom is -0.352 e. The Morgan fingerprint density at radius 2 is 1.86 bits per heavy atom. The Hall–Kier alpha value is -2.91. The van der Waals surface area contributed by atoms with E-state index in [1.807, 2.05) is 6.07 Å². The van der Waals surface area contributed by atoms with Gasteiger partial charge >= 0.3 is 0 Å². The summed E-state index contributed by atoms with van der Waals surface area (Å²) in [6.07, 6.45) is 4.14. The molecule has 1 N–H and O–H groups in total. The Labute approximate surface area is 216 Å². The van der Waals surface area contributed by atoms with E-state index in [4.69, 9.17) is 11.6 Å². The SMILES string of the molecule is C[C@H](C(=O)NC1CCCC1)N(Cc1cccc(Cl)c1)C(=O)CCCN1C(=O)c2ccccc2S1(=O)=O. The van der Waals surface area contributed by atoms with Crippen LogP contribution in [0.5, 0.6) is 0 Å². The number of rotatable bonds is 9. The highest BCUT2D eigenvalue weighted by atomic mass is 35.5. The van der Waals surface area contributed by atoms with Crippen molar-refractivity contribution in [3.63, 3.8) is 0 Å². The van der Waals surface area contributed by atoms with Crippen LogP contribution >= 0.6 is 11.6 Å². The van der Waals surface area contributed by atoms with Gasteiger partial charge in [0.05, 0.1) is 5.56 Å². The largest absolute Gasteiger partial charge is 0.352 e. The Balaban J connectivity index is 1.44. The van der Waals surface area contributed by atoms with Gasteiger partial charge in [-0.1, -0.05) is 48.7 Å². The van der Waals surface area contributed by atoms with Crippen molar-refractivity contribution in [2.75, 3.05) is 6.54 Å². The van der Waals surface area contributed by atoms with Gasteiger partial charge in [-0.15, -0.1) is 0 Å². The van der Waals surface area contributed by atoms with Crippen LogP contribution in [0.4, 0.5) is 0 Å². The smallest absolute Gasteiger partial charge is 0.269 e. The molecule has 3 amide bonds. The highest BCUT2D eigenvalue weighted by Crippen LogP contribution is 2.30. The van der Waals surface area contributed by atoms with Crippen molar-refractivity contribution in [3.8, 4) is 0 Å². The van der Waals surface area contributed by atoms with Crippen LogP contribution in [0.3, 0.4) is 0 Å². The van der Waals surface area contributed by atoms with Gasteiger partial charge in [-0.05, 0) is 56.0 Å². The van der Waals surface area contributed by atoms with Crippen LogP contribution in [-0.2, 0) is 26.2 Å². The molecule has 0 radical (unpaired) electrons. The van der Waals surface area contributed by atoms with Gasteiger partial charge in [-0.3, -0.25) is 14.4 Å². The monoisotopic (exact) mass is 531 g/mol. The summed E-state index contributed by atoms with van der Waals surface area (Å²) in [5.74, 6) is -1.10. The molecule has 1 aliphatic carbocycles. The van der Waals surface area contributed by atoms with Crippen molar-refractivity contribution in [3.05, 3.63) is 64.7 Å². The van der Waals surface area contributed by atoms with E-state index in [0.717, 1.165) is 35.6 Å².